The molecule has 1 aliphatic carbocycles. The molecule has 2 atom stereocenters. The molecule has 0 radical (unpaired) electrons. The molecule has 0 aliphatic heterocycles. The van der Waals surface area contributed by atoms with Gasteiger partial charge >= 0.3 is 0 Å². The van der Waals surface area contributed by atoms with Gasteiger partial charge in [0.15, 0.2) is 0 Å². The number of nitrogens with one attached hydrogen (secondary N) is 1. The van der Waals surface area contributed by atoms with Crippen molar-refractivity contribution >= 4 is 0 Å². The summed E-state index contributed by atoms with van der Waals surface area (Å²) in [5.74, 6) is 0.609. The van der Waals surface area contributed by atoms with Crippen LogP contribution in [0.3, 0.4) is 0 Å². The quantitative estimate of drug-likeness (QED) is 0.855. The van der Waals surface area contributed by atoms with Gasteiger partial charge in [-0.15, -0.1) is 0 Å². The van der Waals surface area contributed by atoms with Crippen molar-refractivity contribution in [2.24, 2.45) is 11.3 Å². The Kier molecular flexibility index (Phi) is 4.58. The minimum atomic E-state index is 0.219. The predicted molar refractivity (Wildman–Crippen MR) is 77.8 cm³/mol. The van der Waals surface area contributed by atoms with Gasteiger partial charge in [-0.05, 0) is 24.0 Å². The van der Waals surface area contributed by atoms with Crippen molar-refractivity contribution in [1.29, 1.82) is 0 Å². The second-order valence-electron chi connectivity index (χ2n) is 6.57. The lowest BCUT2D eigenvalue weighted by Crippen LogP contribution is -2.60. The Morgan fingerprint density at radius 3 is 2.84 bits per heavy atom. The Hall–Kier alpha value is -0.930. The van der Waals surface area contributed by atoms with Crippen molar-refractivity contribution < 1.29 is 4.74 Å². The maximum Gasteiger partial charge on any atom is 0.0656 e. The highest BCUT2D eigenvalue weighted by Crippen LogP contribution is 2.43. The van der Waals surface area contributed by atoms with Gasteiger partial charge in [-0.3, -0.25) is 4.98 Å². The molecule has 0 bridgehead atoms. The van der Waals surface area contributed by atoms with Crippen LogP contribution in [0.1, 0.15) is 39.7 Å². The topological polar surface area (TPSA) is 34.1 Å². The number of hydrogen-bond donors (Lipinski definition) is 1. The monoisotopic (exact) mass is 262 g/mol. The summed E-state index contributed by atoms with van der Waals surface area (Å²) >= 11 is 0. The standard InChI is InChI=1S/C16H26N2O/c1-12(2)11-19-15-8-14(16(15,3)4)18-10-13-6-5-7-17-9-13/h5-7,9,12,14-15,18H,8,10-11H2,1-4H3. The molecule has 0 aromatic carbocycles. The first kappa shape index (κ1) is 14.5. The Bertz CT molecular complexity index is 389. The van der Waals surface area contributed by atoms with Crippen molar-refractivity contribution in [3.05, 3.63) is 30.1 Å². The highest BCUT2D eigenvalue weighted by molar-refractivity contribution is 5.10. The molecule has 106 valence electrons. The molecule has 0 amide bonds. The van der Waals surface area contributed by atoms with Crippen LogP contribution in [-0.2, 0) is 11.3 Å². The first-order valence-corrected chi connectivity index (χ1v) is 7.24. The van der Waals surface area contributed by atoms with E-state index in [-0.39, 0.29) is 5.41 Å². The van der Waals surface area contributed by atoms with Crippen LogP contribution in [0.2, 0.25) is 0 Å². The van der Waals surface area contributed by atoms with E-state index in [1.165, 1.54) is 5.56 Å². The van der Waals surface area contributed by atoms with Crippen molar-refractivity contribution in [2.75, 3.05) is 6.61 Å². The lowest BCUT2D eigenvalue weighted by Gasteiger charge is -2.52. The van der Waals surface area contributed by atoms with Gasteiger partial charge in [-0.25, -0.2) is 0 Å². The Morgan fingerprint density at radius 2 is 2.26 bits per heavy atom. The van der Waals surface area contributed by atoms with Crippen molar-refractivity contribution in [3.63, 3.8) is 0 Å². The van der Waals surface area contributed by atoms with E-state index in [4.69, 9.17) is 4.74 Å². The molecule has 2 unspecified atom stereocenters. The molecule has 1 aromatic rings. The maximum absolute atomic E-state index is 5.98. The van der Waals surface area contributed by atoms with E-state index in [2.05, 4.69) is 44.1 Å². The third-order valence-electron chi connectivity index (χ3n) is 4.08. The normalized spacial score (nSPS) is 25.3. The fourth-order valence-corrected chi connectivity index (χ4v) is 2.57. The van der Waals surface area contributed by atoms with Crippen LogP contribution in [0, 0.1) is 11.3 Å². The Morgan fingerprint density at radius 1 is 1.47 bits per heavy atom. The van der Waals surface area contributed by atoms with Crippen molar-refractivity contribution in [2.45, 2.75) is 52.8 Å². The number of rotatable bonds is 6. The highest BCUT2D eigenvalue weighted by Gasteiger charge is 2.48. The molecular weight excluding hydrogens is 236 g/mol. The molecule has 1 heterocycles. The lowest BCUT2D eigenvalue weighted by atomic mass is 9.64. The summed E-state index contributed by atoms with van der Waals surface area (Å²) in [7, 11) is 0. The van der Waals surface area contributed by atoms with E-state index < -0.39 is 0 Å². The van der Waals surface area contributed by atoms with E-state index in [9.17, 15) is 0 Å². The summed E-state index contributed by atoms with van der Waals surface area (Å²) in [6.07, 6.45) is 5.24. The van der Waals surface area contributed by atoms with E-state index >= 15 is 0 Å². The van der Waals surface area contributed by atoms with Gasteiger partial charge in [0.25, 0.3) is 0 Å². The van der Waals surface area contributed by atoms with E-state index in [1.807, 2.05) is 18.5 Å². The third kappa shape index (κ3) is 3.54. The zero-order chi connectivity index (χ0) is 13.9. The zero-order valence-corrected chi connectivity index (χ0v) is 12.5. The fraction of sp³-hybridized carbons (Fsp3) is 0.688. The molecule has 1 aliphatic rings. The molecule has 3 nitrogen and oxygen atoms in total. The van der Waals surface area contributed by atoms with Gasteiger partial charge in [-0.1, -0.05) is 33.8 Å². The first-order valence-electron chi connectivity index (χ1n) is 7.24. The average Bonchev–Trinajstić information content (AvgIpc) is 2.37. The number of aromatic nitrogens is 1. The second-order valence-corrected chi connectivity index (χ2v) is 6.57. The molecule has 1 N–H and O–H groups in total. The van der Waals surface area contributed by atoms with Gasteiger partial charge < -0.3 is 10.1 Å². The SMILES string of the molecule is CC(C)COC1CC(NCc2cccnc2)C1(C)C. The zero-order valence-electron chi connectivity index (χ0n) is 12.5. The molecule has 2 rings (SSSR count). The van der Waals surface area contributed by atoms with E-state index in [1.54, 1.807) is 0 Å². The first-order chi connectivity index (χ1) is 9.00. The van der Waals surface area contributed by atoms with Gasteiger partial charge in [0.2, 0.25) is 0 Å². The molecule has 0 saturated heterocycles. The largest absolute Gasteiger partial charge is 0.377 e. The molecule has 3 heteroatoms. The number of hydrogen-bond acceptors (Lipinski definition) is 3. The van der Waals surface area contributed by atoms with Gasteiger partial charge in [0, 0.05) is 37.0 Å². The second kappa shape index (κ2) is 6.02. The van der Waals surface area contributed by atoms with Gasteiger partial charge in [-0.2, -0.15) is 0 Å². The minimum absolute atomic E-state index is 0.219. The summed E-state index contributed by atoms with van der Waals surface area (Å²) in [6, 6.07) is 4.63. The van der Waals surface area contributed by atoms with Gasteiger partial charge in [0.05, 0.1) is 6.10 Å². The van der Waals surface area contributed by atoms with Crippen LogP contribution in [0.5, 0.6) is 0 Å². The molecule has 1 aromatic heterocycles. The Balaban J connectivity index is 1.78. The number of ether oxygens (including phenoxy) is 1. The number of nitrogens with zero attached hydrogens (tertiary/aromatic N) is 1. The highest BCUT2D eigenvalue weighted by atomic mass is 16.5. The molecule has 19 heavy (non-hydrogen) atoms. The average molecular weight is 262 g/mol. The smallest absolute Gasteiger partial charge is 0.0656 e. The maximum atomic E-state index is 5.98. The summed E-state index contributed by atoms with van der Waals surface area (Å²) in [5, 5.41) is 3.62. The summed E-state index contributed by atoms with van der Waals surface area (Å²) in [5.41, 5.74) is 1.46. The van der Waals surface area contributed by atoms with E-state index in [0.29, 0.717) is 18.1 Å². The van der Waals surface area contributed by atoms with E-state index in [0.717, 1.165) is 19.6 Å². The Labute approximate surface area is 116 Å². The fourth-order valence-electron chi connectivity index (χ4n) is 2.57. The molecule has 1 fully saturated rings. The van der Waals surface area contributed by atoms with Crippen LogP contribution in [0.15, 0.2) is 24.5 Å². The van der Waals surface area contributed by atoms with Crippen LogP contribution >= 0.6 is 0 Å². The summed E-state index contributed by atoms with van der Waals surface area (Å²) in [4.78, 5) is 4.14. The number of pyridine rings is 1. The van der Waals surface area contributed by atoms with Crippen LogP contribution in [0.25, 0.3) is 0 Å². The summed E-state index contributed by atoms with van der Waals surface area (Å²) < 4.78 is 5.98. The minimum Gasteiger partial charge on any atom is -0.377 e. The van der Waals surface area contributed by atoms with Crippen LogP contribution in [0.4, 0.5) is 0 Å². The summed E-state index contributed by atoms with van der Waals surface area (Å²) in [6.45, 7) is 10.7. The third-order valence-corrected chi connectivity index (χ3v) is 4.08. The molecule has 1 saturated carbocycles. The van der Waals surface area contributed by atoms with Gasteiger partial charge in [0.1, 0.15) is 0 Å². The predicted octanol–water partition coefficient (Wildman–Crippen LogP) is 3.01. The molecule has 0 spiro atoms. The van der Waals surface area contributed by atoms with Crippen LogP contribution < -0.4 is 5.32 Å². The van der Waals surface area contributed by atoms with Crippen LogP contribution in [-0.4, -0.2) is 23.7 Å². The molecular formula is C16H26N2O. The lowest BCUT2D eigenvalue weighted by molar-refractivity contribution is -0.124. The van der Waals surface area contributed by atoms with Crippen molar-refractivity contribution in [3.8, 4) is 0 Å². The van der Waals surface area contributed by atoms with Crippen molar-refractivity contribution in [1.82, 2.24) is 10.3 Å².